The molecule has 1 fully saturated rings. The van der Waals surface area contributed by atoms with Gasteiger partial charge < -0.3 is 14.1 Å². The second kappa shape index (κ2) is 7.91. The zero-order chi connectivity index (χ0) is 24.3. The Morgan fingerprint density at radius 3 is 2.37 bits per heavy atom. The fourth-order valence-electron chi connectivity index (χ4n) is 4.66. The average Bonchev–Trinajstić information content (AvgIpc) is 3.61. The number of nitrogens with zero attached hydrogens (tertiary/aromatic N) is 2. The minimum absolute atomic E-state index is 0.0293. The zero-order valence-corrected chi connectivity index (χ0v) is 18.9. The average molecular weight is 469 g/mol. The highest BCUT2D eigenvalue weighted by Crippen LogP contribution is 2.39. The Morgan fingerprint density at radius 1 is 0.857 bits per heavy atom. The van der Waals surface area contributed by atoms with E-state index in [1.807, 2.05) is 36.5 Å². The lowest BCUT2D eigenvalue weighted by Gasteiger charge is -2.15. The molecule has 0 atom stereocenters. The monoisotopic (exact) mass is 469 g/mol. The third-order valence-corrected chi connectivity index (χ3v) is 6.60. The molecule has 1 aliphatic rings. The van der Waals surface area contributed by atoms with Crippen LogP contribution in [0, 0.1) is 11.6 Å². The summed E-state index contributed by atoms with van der Waals surface area (Å²) < 4.78 is 31.7. The fraction of sp³-hybridized carbons (Fsp3) is 0.143. The van der Waals surface area contributed by atoms with E-state index in [1.165, 1.54) is 16.7 Å². The molecule has 35 heavy (non-hydrogen) atoms. The maximum absolute atomic E-state index is 14.6. The Kier molecular flexibility index (Phi) is 4.81. The van der Waals surface area contributed by atoms with E-state index in [9.17, 15) is 18.4 Å². The summed E-state index contributed by atoms with van der Waals surface area (Å²) in [4.78, 5) is 29.0. The molecule has 5 aromatic rings. The van der Waals surface area contributed by atoms with E-state index in [2.05, 4.69) is 4.98 Å². The second-order valence-corrected chi connectivity index (χ2v) is 8.98. The minimum atomic E-state index is -0.991. The van der Waals surface area contributed by atoms with Crippen LogP contribution in [0.1, 0.15) is 18.9 Å². The summed E-state index contributed by atoms with van der Waals surface area (Å²) in [6, 6.07) is 17.1. The van der Waals surface area contributed by atoms with E-state index in [4.69, 9.17) is 0 Å². The van der Waals surface area contributed by atoms with Gasteiger partial charge in [0.15, 0.2) is 11.6 Å². The molecule has 7 heteroatoms. The maximum atomic E-state index is 14.6. The fourth-order valence-corrected chi connectivity index (χ4v) is 4.66. The van der Waals surface area contributed by atoms with Crippen LogP contribution in [-0.4, -0.2) is 14.1 Å². The number of aromatic amines is 1. The number of hydrogen-bond donors (Lipinski definition) is 1. The number of fused-ring (bicyclic) bond motifs is 1. The van der Waals surface area contributed by atoms with Gasteiger partial charge >= 0.3 is 0 Å². The van der Waals surface area contributed by atoms with Gasteiger partial charge in [-0.2, -0.15) is 0 Å². The SMILES string of the molecule is Cn1cc(-c2cc(=O)n(C3CC3)cc2-c2ccccc2)c2cc(-c3cccc(F)c3F)[nH]c2c1=O. The van der Waals surface area contributed by atoms with E-state index in [-0.39, 0.29) is 33.9 Å². The van der Waals surface area contributed by atoms with E-state index in [0.29, 0.717) is 16.5 Å². The Hall–Kier alpha value is -4.26. The van der Waals surface area contributed by atoms with Gasteiger partial charge in [0.1, 0.15) is 5.52 Å². The van der Waals surface area contributed by atoms with Gasteiger partial charge in [-0.1, -0.05) is 36.4 Å². The Labute approximate surface area is 198 Å². The second-order valence-electron chi connectivity index (χ2n) is 8.98. The van der Waals surface area contributed by atoms with Crippen molar-refractivity contribution in [1.29, 1.82) is 0 Å². The van der Waals surface area contributed by atoms with Crippen LogP contribution in [0.5, 0.6) is 0 Å². The number of hydrogen-bond acceptors (Lipinski definition) is 2. The summed E-state index contributed by atoms with van der Waals surface area (Å²) in [7, 11) is 1.63. The molecule has 174 valence electrons. The standard InChI is InChI=1S/C28H21F2N3O2/c1-32-14-22(20-12-24(31-27(20)28(32)35)18-8-5-9-23(29)26(18)30)19-13-25(34)33(17-10-11-17)15-21(19)16-6-3-2-4-7-16/h2-9,12-15,17,31H,10-11H2,1H3. The van der Waals surface area contributed by atoms with Crippen LogP contribution < -0.4 is 11.1 Å². The molecule has 1 saturated carbocycles. The van der Waals surface area contributed by atoms with Crippen molar-refractivity contribution in [3.63, 3.8) is 0 Å². The van der Waals surface area contributed by atoms with Crippen molar-refractivity contribution < 1.29 is 8.78 Å². The van der Waals surface area contributed by atoms with Crippen molar-refractivity contribution in [1.82, 2.24) is 14.1 Å². The number of H-pyrrole nitrogens is 1. The van der Waals surface area contributed by atoms with Gasteiger partial charge in [-0.15, -0.1) is 0 Å². The molecule has 1 aliphatic carbocycles. The molecule has 0 saturated heterocycles. The number of nitrogens with one attached hydrogen (secondary N) is 1. The van der Waals surface area contributed by atoms with Gasteiger partial charge in [0.2, 0.25) is 0 Å². The van der Waals surface area contributed by atoms with Crippen molar-refractivity contribution >= 4 is 10.9 Å². The highest BCUT2D eigenvalue weighted by atomic mass is 19.2. The van der Waals surface area contributed by atoms with Gasteiger partial charge in [-0.05, 0) is 42.2 Å². The largest absolute Gasteiger partial charge is 0.350 e. The van der Waals surface area contributed by atoms with Crippen LogP contribution in [0.25, 0.3) is 44.4 Å². The minimum Gasteiger partial charge on any atom is -0.350 e. The summed E-state index contributed by atoms with van der Waals surface area (Å²) in [5.74, 6) is -1.96. The van der Waals surface area contributed by atoms with Crippen LogP contribution in [0.15, 0.2) is 82.6 Å². The molecule has 1 N–H and O–H groups in total. The summed E-state index contributed by atoms with van der Waals surface area (Å²) in [5.41, 5.74) is 3.27. The molecule has 3 aromatic heterocycles. The molecule has 0 bridgehead atoms. The Morgan fingerprint density at radius 2 is 1.63 bits per heavy atom. The Balaban J connectivity index is 1.66. The summed E-state index contributed by atoms with van der Waals surface area (Å²) in [6.45, 7) is 0. The third-order valence-electron chi connectivity index (χ3n) is 6.60. The number of rotatable bonds is 4. The number of aromatic nitrogens is 3. The van der Waals surface area contributed by atoms with Gasteiger partial charge in [0.25, 0.3) is 11.1 Å². The smallest absolute Gasteiger partial charge is 0.274 e. The van der Waals surface area contributed by atoms with E-state index in [1.54, 1.807) is 29.9 Å². The molecule has 0 amide bonds. The van der Waals surface area contributed by atoms with Crippen molar-refractivity contribution in [3.8, 4) is 33.5 Å². The van der Waals surface area contributed by atoms with Gasteiger partial charge in [0, 0.05) is 59.3 Å². The van der Waals surface area contributed by atoms with Gasteiger partial charge in [0.05, 0.1) is 0 Å². The van der Waals surface area contributed by atoms with E-state index >= 15 is 0 Å². The number of halogens is 2. The van der Waals surface area contributed by atoms with Crippen molar-refractivity contribution in [2.45, 2.75) is 18.9 Å². The van der Waals surface area contributed by atoms with Crippen LogP contribution >= 0.6 is 0 Å². The first-order valence-electron chi connectivity index (χ1n) is 11.4. The lowest BCUT2D eigenvalue weighted by atomic mass is 9.95. The lowest BCUT2D eigenvalue weighted by molar-refractivity contribution is 0.511. The first kappa shape index (κ1) is 21.3. The van der Waals surface area contributed by atoms with Crippen LogP contribution in [-0.2, 0) is 7.05 Å². The number of aryl methyl sites for hydroxylation is 1. The summed E-state index contributed by atoms with van der Waals surface area (Å²) >= 11 is 0. The molecule has 0 aliphatic heterocycles. The maximum Gasteiger partial charge on any atom is 0.274 e. The van der Waals surface area contributed by atoms with Crippen LogP contribution in [0.4, 0.5) is 8.78 Å². The predicted molar refractivity (Wildman–Crippen MR) is 132 cm³/mol. The molecule has 6 rings (SSSR count). The zero-order valence-electron chi connectivity index (χ0n) is 18.9. The first-order valence-corrected chi connectivity index (χ1v) is 11.4. The van der Waals surface area contributed by atoms with E-state index < -0.39 is 11.6 Å². The number of pyridine rings is 2. The van der Waals surface area contributed by atoms with Gasteiger partial charge in [-0.25, -0.2) is 8.78 Å². The highest BCUT2D eigenvalue weighted by Gasteiger charge is 2.26. The third kappa shape index (κ3) is 3.51. The van der Waals surface area contributed by atoms with Crippen molar-refractivity contribution in [2.24, 2.45) is 7.05 Å². The van der Waals surface area contributed by atoms with Gasteiger partial charge in [-0.3, -0.25) is 9.59 Å². The Bertz CT molecular complexity index is 1730. The molecular weight excluding hydrogens is 448 g/mol. The molecule has 5 nitrogen and oxygen atoms in total. The lowest BCUT2D eigenvalue weighted by Crippen LogP contribution is -2.19. The normalized spacial score (nSPS) is 13.5. The first-order chi connectivity index (χ1) is 16.9. The summed E-state index contributed by atoms with van der Waals surface area (Å²) in [5, 5.41) is 0.535. The predicted octanol–water partition coefficient (Wildman–Crippen LogP) is 5.64. The quantitative estimate of drug-likeness (QED) is 0.370. The highest BCUT2D eigenvalue weighted by molar-refractivity contribution is 6.00. The van der Waals surface area contributed by atoms with Crippen molar-refractivity contribution in [2.75, 3.05) is 0 Å². The molecule has 0 spiro atoms. The van der Waals surface area contributed by atoms with E-state index in [0.717, 1.165) is 30.0 Å². The number of benzene rings is 2. The van der Waals surface area contributed by atoms with Crippen LogP contribution in [0.2, 0.25) is 0 Å². The molecular formula is C28H21F2N3O2. The topological polar surface area (TPSA) is 59.8 Å². The van der Waals surface area contributed by atoms with Crippen molar-refractivity contribution in [3.05, 3.63) is 105 Å². The summed E-state index contributed by atoms with van der Waals surface area (Å²) in [6.07, 6.45) is 5.52. The molecule has 0 unspecified atom stereocenters. The van der Waals surface area contributed by atoms with Crippen LogP contribution in [0.3, 0.4) is 0 Å². The molecule has 3 heterocycles. The molecule has 2 aromatic carbocycles. The molecule has 0 radical (unpaired) electrons.